The lowest BCUT2D eigenvalue weighted by Crippen LogP contribution is -2.35. The third-order valence-electron chi connectivity index (χ3n) is 4.82. The molecule has 3 rings (SSSR count). The van der Waals surface area contributed by atoms with E-state index in [2.05, 4.69) is 26.6 Å². The molecule has 2 N–H and O–H groups in total. The van der Waals surface area contributed by atoms with Gasteiger partial charge in [-0.25, -0.2) is 0 Å². The molecule has 0 aliphatic carbocycles. The summed E-state index contributed by atoms with van der Waals surface area (Å²) in [6.45, 7) is 6.28. The number of benzene rings is 3. The molecule has 0 heterocycles. The van der Waals surface area contributed by atoms with Crippen molar-refractivity contribution in [2.75, 3.05) is 16.8 Å². The maximum absolute atomic E-state index is 13.3. The predicted molar refractivity (Wildman–Crippen MR) is 144 cm³/mol. The van der Waals surface area contributed by atoms with Crippen LogP contribution < -0.4 is 20.3 Å². The molecular weight excluding hydrogens is 514 g/mol. The Bertz CT molecular complexity index is 1180. The molecule has 3 aromatic carbocycles. The van der Waals surface area contributed by atoms with E-state index in [0.29, 0.717) is 33.6 Å². The fraction of sp³-hybridized carbons (Fsp3) is 0.192. The molecule has 0 atom stereocenters. The largest absolute Gasteiger partial charge is 0.490 e. The number of hydrogen-bond donors (Lipinski definition) is 2. The molecule has 2 amide bonds. The minimum absolute atomic E-state index is 0.0149. The first-order valence-corrected chi connectivity index (χ1v) is 12.0. The van der Waals surface area contributed by atoms with Crippen LogP contribution in [0.4, 0.5) is 11.4 Å². The van der Waals surface area contributed by atoms with Gasteiger partial charge in [0, 0.05) is 17.8 Å². The van der Waals surface area contributed by atoms with Crippen LogP contribution in [0, 0.1) is 0 Å². The van der Waals surface area contributed by atoms with E-state index in [9.17, 15) is 9.59 Å². The molecule has 0 bridgehead atoms. The summed E-state index contributed by atoms with van der Waals surface area (Å²) in [6, 6.07) is 21.6. The van der Waals surface area contributed by atoms with Gasteiger partial charge < -0.3 is 15.0 Å². The molecule has 0 spiro atoms. The Hall–Kier alpha value is -3.23. The normalized spacial score (nSPS) is 10.5. The molecule has 0 aromatic heterocycles. The lowest BCUT2D eigenvalue weighted by atomic mass is 10.1. The maximum atomic E-state index is 13.3. The summed E-state index contributed by atoms with van der Waals surface area (Å²) in [7, 11) is 0. The molecule has 0 saturated heterocycles. The first-order valence-electron chi connectivity index (χ1n) is 10.8. The number of carbonyl (C=O) groups excluding carboxylic acids is 2. The fourth-order valence-corrected chi connectivity index (χ4v) is 3.97. The van der Waals surface area contributed by atoms with E-state index < -0.39 is 0 Å². The SMILES string of the molecule is CCN(C(=O)c1ccccc1NC(=S)NC(=O)c1ccc(OC(C)C)c(Br)c1)c1ccccc1. The number of para-hydroxylation sites is 2. The topological polar surface area (TPSA) is 70.7 Å². The highest BCUT2D eigenvalue weighted by molar-refractivity contribution is 9.10. The van der Waals surface area contributed by atoms with Gasteiger partial charge in [-0.3, -0.25) is 14.9 Å². The van der Waals surface area contributed by atoms with Crippen LogP contribution in [0.25, 0.3) is 0 Å². The van der Waals surface area contributed by atoms with E-state index in [0.717, 1.165) is 5.69 Å². The van der Waals surface area contributed by atoms with Gasteiger partial charge in [0.05, 0.1) is 21.8 Å². The lowest BCUT2D eigenvalue weighted by Gasteiger charge is -2.23. The standard InChI is InChI=1S/C26H26BrN3O3S/c1-4-30(19-10-6-5-7-11-19)25(32)20-12-8-9-13-22(20)28-26(34)29-24(31)18-14-15-23(21(27)16-18)33-17(2)3/h5-17H,4H2,1-3H3,(H2,28,29,31,34). The zero-order chi connectivity index (χ0) is 24.7. The van der Waals surface area contributed by atoms with Gasteiger partial charge in [-0.05, 0) is 91.4 Å². The van der Waals surface area contributed by atoms with E-state index in [1.54, 1.807) is 47.4 Å². The van der Waals surface area contributed by atoms with Crippen molar-refractivity contribution in [3.05, 3.63) is 88.4 Å². The quantitative estimate of drug-likeness (QED) is 0.358. The predicted octanol–water partition coefficient (Wildman–Crippen LogP) is 6.03. The Morgan fingerprint density at radius 1 is 1.03 bits per heavy atom. The molecule has 3 aromatic rings. The van der Waals surface area contributed by atoms with E-state index in [1.807, 2.05) is 51.1 Å². The summed E-state index contributed by atoms with van der Waals surface area (Å²) in [5.74, 6) is 0.103. The highest BCUT2D eigenvalue weighted by Gasteiger charge is 2.20. The number of rotatable bonds is 7. The summed E-state index contributed by atoms with van der Waals surface area (Å²) in [5, 5.41) is 5.75. The average molecular weight is 540 g/mol. The van der Waals surface area contributed by atoms with E-state index in [4.69, 9.17) is 17.0 Å². The number of hydrogen-bond acceptors (Lipinski definition) is 4. The Morgan fingerprint density at radius 3 is 2.35 bits per heavy atom. The number of ether oxygens (including phenoxy) is 1. The van der Waals surface area contributed by atoms with Crippen LogP contribution in [0.1, 0.15) is 41.5 Å². The van der Waals surface area contributed by atoms with Crippen LogP contribution in [0.5, 0.6) is 5.75 Å². The van der Waals surface area contributed by atoms with Gasteiger partial charge in [0.1, 0.15) is 5.75 Å². The Kier molecular flexibility index (Phi) is 8.79. The van der Waals surface area contributed by atoms with Crippen molar-refractivity contribution in [2.24, 2.45) is 0 Å². The zero-order valence-electron chi connectivity index (χ0n) is 19.2. The van der Waals surface area contributed by atoms with Gasteiger partial charge in [0.25, 0.3) is 11.8 Å². The minimum Gasteiger partial charge on any atom is -0.490 e. The molecule has 6 nitrogen and oxygen atoms in total. The molecule has 0 fully saturated rings. The number of carbonyl (C=O) groups is 2. The summed E-state index contributed by atoms with van der Waals surface area (Å²) in [4.78, 5) is 27.7. The van der Waals surface area contributed by atoms with Crippen LogP contribution in [0.15, 0.2) is 77.3 Å². The lowest BCUT2D eigenvalue weighted by molar-refractivity contribution is 0.0974. The number of nitrogens with zero attached hydrogens (tertiary/aromatic N) is 1. The van der Waals surface area contributed by atoms with E-state index in [-0.39, 0.29) is 23.0 Å². The number of amides is 2. The first-order chi connectivity index (χ1) is 16.3. The van der Waals surface area contributed by atoms with E-state index >= 15 is 0 Å². The monoisotopic (exact) mass is 539 g/mol. The molecule has 8 heteroatoms. The van der Waals surface area contributed by atoms with Crippen LogP contribution >= 0.6 is 28.1 Å². The minimum atomic E-state index is -0.377. The summed E-state index contributed by atoms with van der Waals surface area (Å²) in [5.41, 5.74) is 2.17. The highest BCUT2D eigenvalue weighted by atomic mass is 79.9. The smallest absolute Gasteiger partial charge is 0.260 e. The second-order valence-electron chi connectivity index (χ2n) is 7.65. The van der Waals surface area contributed by atoms with Crippen molar-refractivity contribution in [3.8, 4) is 5.75 Å². The van der Waals surface area contributed by atoms with Gasteiger partial charge in [-0.1, -0.05) is 30.3 Å². The second-order valence-corrected chi connectivity index (χ2v) is 8.91. The van der Waals surface area contributed by atoms with Crippen molar-refractivity contribution in [1.82, 2.24) is 5.32 Å². The zero-order valence-corrected chi connectivity index (χ0v) is 21.6. The summed E-state index contributed by atoms with van der Waals surface area (Å²) < 4.78 is 6.35. The van der Waals surface area contributed by atoms with Crippen molar-refractivity contribution >= 4 is 56.4 Å². The van der Waals surface area contributed by atoms with Gasteiger partial charge in [0.2, 0.25) is 0 Å². The van der Waals surface area contributed by atoms with Crippen LogP contribution in [0.2, 0.25) is 0 Å². The van der Waals surface area contributed by atoms with Gasteiger partial charge in [-0.2, -0.15) is 0 Å². The summed E-state index contributed by atoms with van der Waals surface area (Å²) >= 11 is 8.79. The Balaban J connectivity index is 1.73. The first kappa shape index (κ1) is 25.4. The van der Waals surface area contributed by atoms with Crippen LogP contribution in [-0.2, 0) is 0 Å². The van der Waals surface area contributed by atoms with Crippen molar-refractivity contribution in [1.29, 1.82) is 0 Å². The summed E-state index contributed by atoms with van der Waals surface area (Å²) in [6.07, 6.45) is 0.0149. The average Bonchev–Trinajstić information content (AvgIpc) is 2.81. The third kappa shape index (κ3) is 6.42. The molecule has 176 valence electrons. The van der Waals surface area contributed by atoms with Crippen LogP contribution in [-0.4, -0.2) is 29.6 Å². The second kappa shape index (κ2) is 11.8. The van der Waals surface area contributed by atoms with Crippen molar-refractivity contribution in [3.63, 3.8) is 0 Å². The maximum Gasteiger partial charge on any atom is 0.260 e. The number of nitrogens with one attached hydrogen (secondary N) is 2. The fourth-order valence-electron chi connectivity index (χ4n) is 3.30. The number of anilines is 2. The van der Waals surface area contributed by atoms with Gasteiger partial charge in [-0.15, -0.1) is 0 Å². The highest BCUT2D eigenvalue weighted by Crippen LogP contribution is 2.27. The third-order valence-corrected chi connectivity index (χ3v) is 5.64. The number of thiocarbonyl (C=S) groups is 1. The van der Waals surface area contributed by atoms with E-state index in [1.165, 1.54) is 0 Å². The molecule has 0 saturated carbocycles. The molecule has 0 unspecified atom stereocenters. The molecule has 0 aliphatic heterocycles. The van der Waals surface area contributed by atoms with Gasteiger partial charge >= 0.3 is 0 Å². The van der Waals surface area contributed by atoms with Crippen molar-refractivity contribution < 1.29 is 14.3 Å². The Morgan fingerprint density at radius 2 is 1.71 bits per heavy atom. The molecular formula is C26H26BrN3O3S. The van der Waals surface area contributed by atoms with Crippen molar-refractivity contribution in [2.45, 2.75) is 26.9 Å². The van der Waals surface area contributed by atoms with Gasteiger partial charge in [0.15, 0.2) is 5.11 Å². The molecule has 0 aliphatic rings. The van der Waals surface area contributed by atoms with Crippen LogP contribution in [0.3, 0.4) is 0 Å². The molecule has 34 heavy (non-hydrogen) atoms. The number of halogens is 1. The Labute approximate surface area is 213 Å². The molecule has 0 radical (unpaired) electrons.